The lowest BCUT2D eigenvalue weighted by molar-refractivity contribution is -0.120. The first-order valence-electron chi connectivity index (χ1n) is 12.0. The van der Waals surface area contributed by atoms with E-state index in [0.29, 0.717) is 5.69 Å². The minimum Gasteiger partial charge on any atom is -0.372 e. The van der Waals surface area contributed by atoms with Crippen LogP contribution < -0.4 is 14.5 Å². The van der Waals surface area contributed by atoms with Crippen LogP contribution in [0.25, 0.3) is 0 Å². The quantitative estimate of drug-likeness (QED) is 0.483. The number of nitrogens with one attached hydrogen (secondary N) is 1. The van der Waals surface area contributed by atoms with Gasteiger partial charge in [0.1, 0.15) is 6.54 Å². The Hall–Kier alpha value is -3.32. The second-order valence-electron chi connectivity index (χ2n) is 9.17. The fourth-order valence-corrected chi connectivity index (χ4v) is 5.80. The number of benzene rings is 3. The predicted octanol–water partition coefficient (Wildman–Crippen LogP) is 4.98. The first-order chi connectivity index (χ1) is 16.8. The standard InChI is InChI=1S/C28H33N3O3S/c1-21-11-14-26(19-22(21)2)31(35(33,34)27-9-5-4-6-10-27)20-28(32)29-23(3)24-12-15-25(16-13-24)30-17-7-8-18-30/h4-6,9-16,19,23H,7-8,17-18,20H2,1-3H3,(H,29,32). The van der Waals surface area contributed by atoms with E-state index in [-0.39, 0.29) is 23.4 Å². The lowest BCUT2D eigenvalue weighted by atomic mass is 10.1. The highest BCUT2D eigenvalue weighted by molar-refractivity contribution is 7.92. The molecule has 1 heterocycles. The molecule has 6 nitrogen and oxygen atoms in total. The molecule has 1 unspecified atom stereocenters. The highest BCUT2D eigenvalue weighted by Gasteiger charge is 2.28. The van der Waals surface area contributed by atoms with Gasteiger partial charge in [-0.25, -0.2) is 8.42 Å². The van der Waals surface area contributed by atoms with Crippen molar-refractivity contribution < 1.29 is 13.2 Å². The Bertz CT molecular complexity index is 1270. The van der Waals surface area contributed by atoms with Crippen LogP contribution in [0.3, 0.4) is 0 Å². The summed E-state index contributed by atoms with van der Waals surface area (Å²) in [6.07, 6.45) is 2.44. The van der Waals surface area contributed by atoms with Crippen LogP contribution in [0, 0.1) is 13.8 Å². The SMILES string of the molecule is Cc1ccc(N(CC(=O)NC(C)c2ccc(N3CCCC3)cc2)S(=O)(=O)c2ccccc2)cc1C. The summed E-state index contributed by atoms with van der Waals surface area (Å²) in [6.45, 7) is 7.66. The maximum Gasteiger partial charge on any atom is 0.264 e. The van der Waals surface area contributed by atoms with Crippen LogP contribution in [0.4, 0.5) is 11.4 Å². The maximum absolute atomic E-state index is 13.5. The molecule has 0 bridgehead atoms. The molecule has 4 rings (SSSR count). The third-order valence-corrected chi connectivity index (χ3v) is 8.43. The van der Waals surface area contributed by atoms with Crippen molar-refractivity contribution in [1.82, 2.24) is 5.32 Å². The fraction of sp³-hybridized carbons (Fsp3) is 0.321. The largest absolute Gasteiger partial charge is 0.372 e. The molecule has 3 aromatic rings. The molecule has 1 aliphatic rings. The highest BCUT2D eigenvalue weighted by Crippen LogP contribution is 2.26. The number of carbonyl (C=O) groups excluding carboxylic acids is 1. The summed E-state index contributed by atoms with van der Waals surface area (Å²) in [5, 5.41) is 2.98. The summed E-state index contributed by atoms with van der Waals surface area (Å²) in [7, 11) is -3.93. The molecule has 0 aromatic heterocycles. The van der Waals surface area contributed by atoms with Crippen molar-refractivity contribution in [1.29, 1.82) is 0 Å². The molecule has 1 atom stereocenters. The Morgan fingerprint density at radius 2 is 1.60 bits per heavy atom. The lowest BCUT2D eigenvalue weighted by Gasteiger charge is -2.26. The van der Waals surface area contributed by atoms with Crippen LogP contribution >= 0.6 is 0 Å². The van der Waals surface area contributed by atoms with Gasteiger partial charge in [0.25, 0.3) is 10.0 Å². The monoisotopic (exact) mass is 491 g/mol. The second kappa shape index (κ2) is 10.5. The fourth-order valence-electron chi connectivity index (χ4n) is 4.37. The minimum absolute atomic E-state index is 0.150. The molecular formula is C28H33N3O3S. The molecular weight excluding hydrogens is 458 g/mol. The number of carbonyl (C=O) groups is 1. The summed E-state index contributed by atoms with van der Waals surface area (Å²) in [6, 6.07) is 21.6. The van der Waals surface area contributed by atoms with Gasteiger partial charge in [0.15, 0.2) is 0 Å². The second-order valence-corrected chi connectivity index (χ2v) is 11.0. The molecule has 35 heavy (non-hydrogen) atoms. The summed E-state index contributed by atoms with van der Waals surface area (Å²) >= 11 is 0. The van der Waals surface area contributed by atoms with Gasteiger partial charge in [-0.2, -0.15) is 0 Å². The van der Waals surface area contributed by atoms with E-state index in [0.717, 1.165) is 29.8 Å². The Morgan fingerprint density at radius 1 is 0.943 bits per heavy atom. The molecule has 0 radical (unpaired) electrons. The first-order valence-corrected chi connectivity index (χ1v) is 13.5. The van der Waals surface area contributed by atoms with E-state index in [1.165, 1.54) is 22.8 Å². The Balaban J connectivity index is 1.53. The first kappa shape index (κ1) is 24.8. The van der Waals surface area contributed by atoms with E-state index < -0.39 is 10.0 Å². The Kier molecular flexibility index (Phi) is 7.45. The van der Waals surface area contributed by atoms with Crippen LogP contribution in [0.15, 0.2) is 77.7 Å². The average Bonchev–Trinajstić information content (AvgIpc) is 3.40. The third kappa shape index (κ3) is 5.68. The van der Waals surface area contributed by atoms with E-state index in [2.05, 4.69) is 22.3 Å². The van der Waals surface area contributed by atoms with Crippen molar-refractivity contribution in [2.45, 2.75) is 44.6 Å². The minimum atomic E-state index is -3.93. The van der Waals surface area contributed by atoms with Crippen molar-refractivity contribution >= 4 is 27.3 Å². The van der Waals surface area contributed by atoms with Gasteiger partial charge in [-0.05, 0) is 86.7 Å². The lowest BCUT2D eigenvalue weighted by Crippen LogP contribution is -2.41. The highest BCUT2D eigenvalue weighted by atomic mass is 32.2. The number of nitrogens with zero attached hydrogens (tertiary/aromatic N) is 2. The van der Waals surface area contributed by atoms with Gasteiger partial charge >= 0.3 is 0 Å². The van der Waals surface area contributed by atoms with Gasteiger partial charge in [0.05, 0.1) is 16.6 Å². The van der Waals surface area contributed by atoms with Crippen molar-refractivity contribution in [3.05, 3.63) is 89.5 Å². The van der Waals surface area contributed by atoms with Gasteiger partial charge < -0.3 is 10.2 Å². The number of sulfonamides is 1. The van der Waals surface area contributed by atoms with Crippen LogP contribution in [0.1, 0.15) is 42.5 Å². The van der Waals surface area contributed by atoms with Gasteiger partial charge in [0.2, 0.25) is 5.91 Å². The number of amides is 1. The van der Waals surface area contributed by atoms with E-state index in [4.69, 9.17) is 0 Å². The number of hydrogen-bond acceptors (Lipinski definition) is 4. The van der Waals surface area contributed by atoms with Crippen molar-refractivity contribution in [2.75, 3.05) is 28.8 Å². The van der Waals surface area contributed by atoms with Gasteiger partial charge in [0, 0.05) is 18.8 Å². The Labute approximate surface area is 208 Å². The third-order valence-electron chi connectivity index (χ3n) is 6.64. The number of rotatable bonds is 8. The van der Waals surface area contributed by atoms with Crippen molar-refractivity contribution in [2.24, 2.45) is 0 Å². The summed E-state index contributed by atoms with van der Waals surface area (Å²) in [5.41, 5.74) is 4.66. The zero-order chi connectivity index (χ0) is 25.0. The molecule has 1 saturated heterocycles. The molecule has 1 fully saturated rings. The summed E-state index contributed by atoms with van der Waals surface area (Å²) < 4.78 is 28.2. The van der Waals surface area contributed by atoms with E-state index in [9.17, 15) is 13.2 Å². The molecule has 1 amide bonds. The molecule has 0 saturated carbocycles. The van der Waals surface area contributed by atoms with E-state index in [1.807, 2.05) is 45.0 Å². The number of hydrogen-bond donors (Lipinski definition) is 1. The van der Waals surface area contributed by atoms with Gasteiger partial charge in [-0.1, -0.05) is 36.4 Å². The summed E-state index contributed by atoms with van der Waals surface area (Å²) in [4.78, 5) is 15.6. The van der Waals surface area contributed by atoms with E-state index >= 15 is 0 Å². The Morgan fingerprint density at radius 3 is 2.23 bits per heavy atom. The normalized spacial score (nSPS) is 14.5. The van der Waals surface area contributed by atoms with Crippen LogP contribution in [0.2, 0.25) is 0 Å². The molecule has 184 valence electrons. The van der Waals surface area contributed by atoms with E-state index in [1.54, 1.807) is 36.4 Å². The predicted molar refractivity (Wildman–Crippen MR) is 141 cm³/mol. The number of aryl methyl sites for hydroxylation is 2. The zero-order valence-electron chi connectivity index (χ0n) is 20.6. The molecule has 0 spiro atoms. The number of anilines is 2. The molecule has 0 aliphatic carbocycles. The molecule has 3 aromatic carbocycles. The maximum atomic E-state index is 13.5. The van der Waals surface area contributed by atoms with Gasteiger partial charge in [-0.3, -0.25) is 9.10 Å². The van der Waals surface area contributed by atoms with Crippen LogP contribution in [0.5, 0.6) is 0 Å². The van der Waals surface area contributed by atoms with Crippen molar-refractivity contribution in [3.63, 3.8) is 0 Å². The van der Waals surface area contributed by atoms with Crippen LogP contribution in [-0.2, 0) is 14.8 Å². The topological polar surface area (TPSA) is 69.7 Å². The van der Waals surface area contributed by atoms with Crippen LogP contribution in [-0.4, -0.2) is 34.0 Å². The smallest absolute Gasteiger partial charge is 0.264 e. The molecule has 7 heteroatoms. The summed E-state index contributed by atoms with van der Waals surface area (Å²) in [5.74, 6) is -0.362. The van der Waals surface area contributed by atoms with Crippen molar-refractivity contribution in [3.8, 4) is 0 Å². The molecule has 1 N–H and O–H groups in total. The van der Waals surface area contributed by atoms with Gasteiger partial charge in [-0.15, -0.1) is 0 Å². The molecule has 1 aliphatic heterocycles. The average molecular weight is 492 g/mol. The zero-order valence-corrected chi connectivity index (χ0v) is 21.4.